The van der Waals surface area contributed by atoms with Crippen LogP contribution in [0.25, 0.3) is 0 Å². The highest BCUT2D eigenvalue weighted by molar-refractivity contribution is 7.79. The van der Waals surface area contributed by atoms with E-state index in [1.54, 1.807) is 60.7 Å². The summed E-state index contributed by atoms with van der Waals surface area (Å²) in [5, 5.41) is 45.4. The monoisotopic (exact) mass is 896 g/mol. The van der Waals surface area contributed by atoms with Crippen LogP contribution in [0.4, 0.5) is 8.78 Å². The van der Waals surface area contributed by atoms with Crippen LogP contribution in [0.2, 0.25) is 0 Å². The second-order valence-corrected chi connectivity index (χ2v) is 21.9. The van der Waals surface area contributed by atoms with Crippen LogP contribution in [0.1, 0.15) is 36.8 Å². The fourth-order valence-corrected chi connectivity index (χ4v) is 14.7. The Hall–Kier alpha value is -5.28. The van der Waals surface area contributed by atoms with E-state index in [0.717, 1.165) is 34.2 Å². The van der Waals surface area contributed by atoms with Crippen molar-refractivity contribution in [1.82, 2.24) is 0 Å². The van der Waals surface area contributed by atoms with Crippen molar-refractivity contribution in [3.63, 3.8) is 0 Å². The van der Waals surface area contributed by atoms with Crippen LogP contribution in [-0.4, -0.2) is 69.4 Å². The Morgan fingerprint density at radius 1 is 0.587 bits per heavy atom. The molecule has 330 valence electrons. The zero-order valence-corrected chi connectivity index (χ0v) is 36.8. The van der Waals surface area contributed by atoms with Crippen LogP contribution in [0.15, 0.2) is 146 Å². The van der Waals surface area contributed by atoms with Gasteiger partial charge in [0.25, 0.3) is 0 Å². The first-order valence-corrected chi connectivity index (χ1v) is 24.7. The highest BCUT2D eigenvalue weighted by Gasteiger charge is 2.46. The van der Waals surface area contributed by atoms with Crippen molar-refractivity contribution >= 4 is 35.5 Å². The van der Waals surface area contributed by atoms with E-state index in [0.29, 0.717) is 35.3 Å². The van der Waals surface area contributed by atoms with Crippen LogP contribution < -0.4 is 30.7 Å². The Morgan fingerprint density at radius 2 is 1.03 bits per heavy atom. The number of halogens is 2. The van der Waals surface area contributed by atoms with Crippen molar-refractivity contribution in [3.8, 4) is 23.0 Å². The topological polar surface area (TPSA) is 143 Å². The molecule has 13 heteroatoms. The lowest BCUT2D eigenvalue weighted by Crippen LogP contribution is -2.49. The molecule has 0 spiro atoms. The van der Waals surface area contributed by atoms with E-state index < -0.39 is 67.8 Å². The third-order valence-electron chi connectivity index (χ3n) is 11.9. The Bertz CT molecular complexity index is 2460. The van der Waals surface area contributed by atoms with Crippen LogP contribution in [-0.2, 0) is 13.9 Å². The van der Waals surface area contributed by atoms with Crippen LogP contribution in [0.3, 0.4) is 0 Å². The first kappa shape index (κ1) is 45.7. The van der Waals surface area contributed by atoms with Gasteiger partial charge in [-0.3, -0.25) is 0 Å². The van der Waals surface area contributed by atoms with Gasteiger partial charge in [-0.05, 0) is 56.4 Å². The smallest absolute Gasteiger partial charge is 0.164 e. The number of rotatable bonds is 11. The molecule has 2 fully saturated rings. The summed E-state index contributed by atoms with van der Waals surface area (Å²) < 4.78 is 73.3. The first-order valence-electron chi connectivity index (χ1n) is 21.0. The van der Waals surface area contributed by atoms with E-state index in [1.807, 2.05) is 86.6 Å². The van der Waals surface area contributed by atoms with E-state index in [2.05, 4.69) is 0 Å². The standard InChI is InChI=1S/C26H29O4P.C24H23F2O5P/c1-18-16-22(27)24(17-19(18)2)30-23-14-9-15-25(26(23)28)31(29,20-10-5-3-6-11-20)21-12-7-4-8-13-21;25-18-13-20(27)22(14-19(18)26)31-21-11-12-30-23(24(21)28)15-32(29,16-7-3-1-4-8-16)17-9-5-2-6-10-17/h3-8,10-13,16-17,23,25-28H,9,14-15H2,1-2H3;1-10,13-14,21,23-24,27-28H,11-12,15H2/t23-,25?,26+;21-,23?,24+/m11/s1. The molecule has 2 unspecified atom stereocenters. The van der Waals surface area contributed by atoms with Gasteiger partial charge >= 0.3 is 0 Å². The number of hydrogen-bond donors (Lipinski definition) is 4. The number of hydrogen-bond acceptors (Lipinski definition) is 9. The minimum Gasteiger partial charge on any atom is -0.504 e. The number of aliphatic hydroxyl groups excluding tert-OH is 2. The van der Waals surface area contributed by atoms with E-state index in [1.165, 1.54) is 0 Å². The predicted octanol–water partition coefficient (Wildman–Crippen LogP) is 8.27. The van der Waals surface area contributed by atoms with Gasteiger partial charge in [-0.2, -0.15) is 0 Å². The van der Waals surface area contributed by atoms with Crippen molar-refractivity contribution in [1.29, 1.82) is 0 Å². The van der Waals surface area contributed by atoms with E-state index in [-0.39, 0.29) is 30.7 Å². The number of phenolic OH excluding ortho intramolecular Hbond substituents is 2. The summed E-state index contributed by atoms with van der Waals surface area (Å²) in [6.45, 7) is 4.10. The lowest BCUT2D eigenvalue weighted by atomic mass is 9.94. The maximum Gasteiger partial charge on any atom is 0.164 e. The van der Waals surface area contributed by atoms with Gasteiger partial charge in [0.05, 0.1) is 12.7 Å². The van der Waals surface area contributed by atoms with Gasteiger partial charge in [0.15, 0.2) is 34.6 Å². The van der Waals surface area contributed by atoms with Crippen LogP contribution >= 0.6 is 14.3 Å². The third kappa shape index (κ3) is 10.1. The number of ether oxygens (including phenoxy) is 3. The minimum absolute atomic E-state index is 0.0335. The summed E-state index contributed by atoms with van der Waals surface area (Å²) >= 11 is 0. The van der Waals surface area contributed by atoms with E-state index in [4.69, 9.17) is 14.2 Å². The lowest BCUT2D eigenvalue weighted by molar-refractivity contribution is -0.117. The predicted molar refractivity (Wildman–Crippen MR) is 243 cm³/mol. The molecule has 1 aliphatic carbocycles. The maximum absolute atomic E-state index is 14.7. The van der Waals surface area contributed by atoms with Gasteiger partial charge < -0.3 is 43.8 Å². The molecule has 1 saturated carbocycles. The van der Waals surface area contributed by atoms with Crippen molar-refractivity contribution in [2.24, 2.45) is 0 Å². The molecule has 6 aromatic rings. The normalized spacial score (nSPS) is 21.4. The van der Waals surface area contributed by atoms with Crippen LogP contribution in [0.5, 0.6) is 23.0 Å². The molecule has 63 heavy (non-hydrogen) atoms. The number of benzene rings is 6. The zero-order chi connectivity index (χ0) is 44.7. The molecule has 6 aromatic carbocycles. The van der Waals surface area contributed by atoms with Crippen molar-refractivity contribution in [3.05, 3.63) is 168 Å². The number of aliphatic hydroxyl groups is 2. The molecule has 0 aromatic heterocycles. The van der Waals surface area contributed by atoms with Gasteiger partial charge in [-0.25, -0.2) is 8.78 Å². The molecular weight excluding hydrogens is 844 g/mol. The molecule has 6 atom stereocenters. The molecule has 0 amide bonds. The Morgan fingerprint density at radius 3 is 1.57 bits per heavy atom. The maximum atomic E-state index is 14.7. The third-order valence-corrected chi connectivity index (χ3v) is 18.7. The second kappa shape index (κ2) is 20.0. The molecule has 1 aliphatic heterocycles. The van der Waals surface area contributed by atoms with Crippen molar-refractivity contribution in [2.75, 3.05) is 12.8 Å². The van der Waals surface area contributed by atoms with Gasteiger partial charge in [0, 0.05) is 51.6 Å². The molecule has 9 nitrogen and oxygen atoms in total. The van der Waals surface area contributed by atoms with Gasteiger partial charge in [0.1, 0.15) is 38.7 Å². The van der Waals surface area contributed by atoms with Crippen LogP contribution in [0, 0.1) is 25.5 Å². The first-order chi connectivity index (χ1) is 30.3. The van der Waals surface area contributed by atoms with Crippen molar-refractivity contribution < 1.29 is 52.5 Å². The molecule has 0 bridgehead atoms. The average molecular weight is 897 g/mol. The fourth-order valence-electron chi connectivity index (χ4n) is 8.37. The van der Waals surface area contributed by atoms with E-state index >= 15 is 0 Å². The quantitative estimate of drug-likeness (QED) is 0.0946. The minimum atomic E-state index is -3.16. The Balaban J connectivity index is 0.000000189. The van der Waals surface area contributed by atoms with E-state index in [9.17, 15) is 38.3 Å². The molecule has 2 aliphatic rings. The zero-order valence-electron chi connectivity index (χ0n) is 35.0. The highest BCUT2D eigenvalue weighted by Crippen LogP contribution is 2.54. The van der Waals surface area contributed by atoms with Gasteiger partial charge in [0.2, 0.25) is 0 Å². The summed E-state index contributed by atoms with van der Waals surface area (Å²) in [5.41, 5.74) is 1.53. The van der Waals surface area contributed by atoms with Gasteiger partial charge in [-0.15, -0.1) is 0 Å². The number of phenols is 2. The fraction of sp³-hybridized carbons (Fsp3) is 0.280. The lowest BCUT2D eigenvalue weighted by Gasteiger charge is -2.39. The number of aromatic hydroxyl groups is 2. The largest absolute Gasteiger partial charge is 0.504 e. The Kier molecular flexibility index (Phi) is 14.6. The van der Waals surface area contributed by atoms with Gasteiger partial charge in [-0.1, -0.05) is 121 Å². The highest BCUT2D eigenvalue weighted by atomic mass is 31.2. The average Bonchev–Trinajstić information content (AvgIpc) is 3.30. The number of aryl methyl sites for hydroxylation is 2. The molecule has 0 radical (unpaired) electrons. The molecule has 8 rings (SSSR count). The summed E-state index contributed by atoms with van der Waals surface area (Å²) in [6, 6.07) is 41.8. The Labute approximate surface area is 366 Å². The summed E-state index contributed by atoms with van der Waals surface area (Å²) in [5.74, 6) is -2.80. The molecule has 1 saturated heterocycles. The summed E-state index contributed by atoms with van der Waals surface area (Å²) in [6.07, 6.45) is -1.94. The summed E-state index contributed by atoms with van der Waals surface area (Å²) in [4.78, 5) is 0. The summed E-state index contributed by atoms with van der Waals surface area (Å²) in [7, 11) is -6.28. The SMILES string of the molecule is Cc1cc(O)c(O[C@@H]2CCCC(P(=O)(c3ccccc3)c3ccccc3)[C@H]2O)cc1C.O=P(CC1OCC[C@@H](Oc2cc(F)c(F)cc2O)[C@@H]1O)(c1ccccc1)c1ccccc1. The second-order valence-electron chi connectivity index (χ2n) is 16.1. The molecular formula is C50H52F2O9P2. The molecule has 4 N–H and O–H groups in total. The van der Waals surface area contributed by atoms with Crippen molar-refractivity contribution in [2.45, 2.75) is 75.7 Å². The molecule has 1 heterocycles.